The van der Waals surface area contributed by atoms with E-state index in [2.05, 4.69) is 22.3 Å². The normalized spacial score (nSPS) is 11.3. The fourth-order valence-corrected chi connectivity index (χ4v) is 2.77. The van der Waals surface area contributed by atoms with Crippen molar-refractivity contribution in [1.29, 1.82) is 0 Å². The molecule has 6 nitrogen and oxygen atoms in total. The predicted octanol–water partition coefficient (Wildman–Crippen LogP) is 0.714. The van der Waals surface area contributed by atoms with Crippen molar-refractivity contribution >= 4 is 15.9 Å². The van der Waals surface area contributed by atoms with Gasteiger partial charge in [-0.05, 0) is 37.2 Å². The van der Waals surface area contributed by atoms with Crippen LogP contribution in [0.15, 0.2) is 29.2 Å². The summed E-state index contributed by atoms with van der Waals surface area (Å²) in [4.78, 5) is 12.0. The van der Waals surface area contributed by atoms with Gasteiger partial charge in [0.2, 0.25) is 10.0 Å². The van der Waals surface area contributed by atoms with Gasteiger partial charge in [0, 0.05) is 25.2 Å². The predicted molar refractivity (Wildman–Crippen MR) is 82.8 cm³/mol. The molecule has 0 aliphatic heterocycles. The zero-order chi connectivity index (χ0) is 15.7. The van der Waals surface area contributed by atoms with Crippen LogP contribution in [0.4, 0.5) is 0 Å². The molecule has 0 atom stereocenters. The van der Waals surface area contributed by atoms with Gasteiger partial charge in [0.15, 0.2) is 0 Å². The molecule has 1 rings (SSSR count). The number of hydrogen-bond donors (Lipinski definition) is 3. The Morgan fingerprint density at radius 3 is 2.29 bits per heavy atom. The molecular formula is C14H23N3O3S. The smallest absolute Gasteiger partial charge is 0.251 e. The molecule has 0 aromatic heterocycles. The molecule has 0 saturated heterocycles. The second-order valence-corrected chi connectivity index (χ2v) is 6.30. The quantitative estimate of drug-likeness (QED) is 0.586. The van der Waals surface area contributed by atoms with E-state index in [1.165, 1.54) is 24.3 Å². The third-order valence-corrected chi connectivity index (χ3v) is 4.34. The Balaban J connectivity index is 2.55. The maximum atomic E-state index is 11.9. The Bertz CT molecular complexity index is 541. The molecule has 3 N–H and O–H groups in total. The van der Waals surface area contributed by atoms with E-state index in [1.807, 2.05) is 0 Å². The van der Waals surface area contributed by atoms with E-state index < -0.39 is 10.0 Å². The summed E-state index contributed by atoms with van der Waals surface area (Å²) in [7, 11) is -3.47. The summed E-state index contributed by atoms with van der Waals surface area (Å²) < 4.78 is 25.9. The molecule has 118 valence electrons. The zero-order valence-electron chi connectivity index (χ0n) is 12.5. The van der Waals surface area contributed by atoms with E-state index in [0.717, 1.165) is 13.0 Å². The topological polar surface area (TPSA) is 87.3 Å². The summed E-state index contributed by atoms with van der Waals surface area (Å²) >= 11 is 0. The van der Waals surface area contributed by atoms with Crippen molar-refractivity contribution in [3.8, 4) is 0 Å². The second-order valence-electron chi connectivity index (χ2n) is 4.53. The highest BCUT2D eigenvalue weighted by atomic mass is 32.2. The average Bonchev–Trinajstić information content (AvgIpc) is 2.47. The molecule has 0 heterocycles. The number of carbonyl (C=O) groups excluding carboxylic acids is 1. The maximum absolute atomic E-state index is 11.9. The summed E-state index contributed by atoms with van der Waals surface area (Å²) in [5.74, 6) is -0.208. The van der Waals surface area contributed by atoms with Crippen molar-refractivity contribution in [1.82, 2.24) is 15.4 Å². The molecule has 0 bridgehead atoms. The molecular weight excluding hydrogens is 290 g/mol. The van der Waals surface area contributed by atoms with Gasteiger partial charge in [-0.3, -0.25) is 4.79 Å². The maximum Gasteiger partial charge on any atom is 0.251 e. The van der Waals surface area contributed by atoms with Crippen LogP contribution < -0.4 is 15.4 Å². The molecule has 7 heteroatoms. The molecule has 0 radical (unpaired) electrons. The largest absolute Gasteiger partial charge is 0.351 e. The second kappa shape index (κ2) is 8.76. The molecule has 0 aliphatic rings. The number of sulfonamides is 1. The summed E-state index contributed by atoms with van der Waals surface area (Å²) in [5, 5.41) is 5.96. The molecule has 0 unspecified atom stereocenters. The standard InChI is InChI=1S/C14H23N3O3S/c1-3-9-15-10-11-16-14(18)12-5-7-13(8-6-12)21(19,20)17-4-2/h5-8,15,17H,3-4,9-11H2,1-2H3,(H,16,18). The molecule has 1 aromatic carbocycles. The first-order valence-corrected chi connectivity index (χ1v) is 8.58. The first-order valence-electron chi connectivity index (χ1n) is 7.10. The molecule has 1 aromatic rings. The summed E-state index contributed by atoms with van der Waals surface area (Å²) in [6, 6.07) is 5.89. The number of carbonyl (C=O) groups is 1. The monoisotopic (exact) mass is 313 g/mol. The van der Waals surface area contributed by atoms with Crippen LogP contribution in [-0.2, 0) is 10.0 Å². The molecule has 21 heavy (non-hydrogen) atoms. The lowest BCUT2D eigenvalue weighted by atomic mass is 10.2. The van der Waals surface area contributed by atoms with Crippen molar-refractivity contribution in [3.63, 3.8) is 0 Å². The van der Waals surface area contributed by atoms with E-state index in [0.29, 0.717) is 25.2 Å². The SMILES string of the molecule is CCCNCCNC(=O)c1ccc(S(=O)(=O)NCC)cc1. The lowest BCUT2D eigenvalue weighted by molar-refractivity contribution is 0.0954. The fraction of sp³-hybridized carbons (Fsp3) is 0.500. The Hall–Kier alpha value is -1.44. The van der Waals surface area contributed by atoms with Crippen LogP contribution in [-0.4, -0.2) is 40.5 Å². The number of rotatable bonds is 9. The van der Waals surface area contributed by atoms with Gasteiger partial charge in [-0.15, -0.1) is 0 Å². The number of hydrogen-bond acceptors (Lipinski definition) is 4. The molecule has 0 fully saturated rings. The lowest BCUT2D eigenvalue weighted by Crippen LogP contribution is -2.32. The van der Waals surface area contributed by atoms with Gasteiger partial charge < -0.3 is 10.6 Å². The van der Waals surface area contributed by atoms with Gasteiger partial charge in [0.05, 0.1) is 4.90 Å². The molecule has 0 spiro atoms. The highest BCUT2D eigenvalue weighted by Gasteiger charge is 2.13. The van der Waals surface area contributed by atoms with Crippen LogP contribution in [0.5, 0.6) is 0 Å². The Labute approximate surface area is 126 Å². The fourth-order valence-electron chi connectivity index (χ4n) is 1.73. The molecule has 1 amide bonds. The number of nitrogens with one attached hydrogen (secondary N) is 3. The van der Waals surface area contributed by atoms with Crippen molar-refractivity contribution < 1.29 is 13.2 Å². The van der Waals surface area contributed by atoms with Crippen molar-refractivity contribution in [2.45, 2.75) is 25.2 Å². The Kier molecular flexibility index (Phi) is 7.35. The van der Waals surface area contributed by atoms with Crippen LogP contribution in [0.1, 0.15) is 30.6 Å². The first-order chi connectivity index (χ1) is 10.0. The van der Waals surface area contributed by atoms with E-state index in [9.17, 15) is 13.2 Å². The van der Waals surface area contributed by atoms with Gasteiger partial charge in [-0.25, -0.2) is 13.1 Å². The van der Waals surface area contributed by atoms with Gasteiger partial charge >= 0.3 is 0 Å². The molecule has 0 saturated carbocycles. The molecule has 0 aliphatic carbocycles. The third kappa shape index (κ3) is 5.82. The van der Waals surface area contributed by atoms with Crippen LogP contribution in [0.2, 0.25) is 0 Å². The average molecular weight is 313 g/mol. The van der Waals surface area contributed by atoms with Crippen molar-refractivity contribution in [3.05, 3.63) is 29.8 Å². The first kappa shape index (κ1) is 17.6. The summed E-state index contributed by atoms with van der Waals surface area (Å²) in [5.41, 5.74) is 0.445. The minimum Gasteiger partial charge on any atom is -0.351 e. The number of benzene rings is 1. The van der Waals surface area contributed by atoms with E-state index in [4.69, 9.17) is 0 Å². The number of amides is 1. The van der Waals surface area contributed by atoms with Crippen LogP contribution in [0.3, 0.4) is 0 Å². The van der Waals surface area contributed by atoms with Crippen LogP contribution in [0, 0.1) is 0 Å². The van der Waals surface area contributed by atoms with Gasteiger partial charge in [-0.2, -0.15) is 0 Å². The van der Waals surface area contributed by atoms with Gasteiger partial charge in [-0.1, -0.05) is 13.8 Å². The van der Waals surface area contributed by atoms with Gasteiger partial charge in [0.1, 0.15) is 0 Å². The van der Waals surface area contributed by atoms with Crippen LogP contribution in [0.25, 0.3) is 0 Å². The highest BCUT2D eigenvalue weighted by Crippen LogP contribution is 2.10. The van der Waals surface area contributed by atoms with E-state index >= 15 is 0 Å². The lowest BCUT2D eigenvalue weighted by Gasteiger charge is -2.07. The Morgan fingerprint density at radius 2 is 1.71 bits per heavy atom. The summed E-state index contributed by atoms with van der Waals surface area (Å²) in [6.07, 6.45) is 1.05. The highest BCUT2D eigenvalue weighted by molar-refractivity contribution is 7.89. The van der Waals surface area contributed by atoms with E-state index in [-0.39, 0.29) is 10.8 Å². The zero-order valence-corrected chi connectivity index (χ0v) is 13.3. The van der Waals surface area contributed by atoms with Crippen molar-refractivity contribution in [2.24, 2.45) is 0 Å². The van der Waals surface area contributed by atoms with Gasteiger partial charge in [0.25, 0.3) is 5.91 Å². The Morgan fingerprint density at radius 1 is 1.05 bits per heavy atom. The van der Waals surface area contributed by atoms with Crippen LogP contribution >= 0.6 is 0 Å². The minimum atomic E-state index is -3.47. The summed E-state index contributed by atoms with van der Waals surface area (Å²) in [6.45, 7) is 6.30. The minimum absolute atomic E-state index is 0.158. The van der Waals surface area contributed by atoms with Crippen molar-refractivity contribution in [2.75, 3.05) is 26.2 Å². The third-order valence-electron chi connectivity index (χ3n) is 2.78. The van der Waals surface area contributed by atoms with E-state index in [1.54, 1.807) is 6.92 Å².